The van der Waals surface area contributed by atoms with Crippen LogP contribution >= 0.6 is 11.6 Å². The number of halogens is 1. The maximum atomic E-state index is 6.03. The van der Waals surface area contributed by atoms with Crippen molar-refractivity contribution in [1.29, 1.82) is 0 Å². The first kappa shape index (κ1) is 12.1. The second kappa shape index (κ2) is 4.94. The summed E-state index contributed by atoms with van der Waals surface area (Å²) in [5.41, 5.74) is 3.14. The van der Waals surface area contributed by atoms with E-state index in [1.165, 1.54) is 5.56 Å². The molecular formula is C15H13ClN2O. The lowest BCUT2D eigenvalue weighted by Crippen LogP contribution is -1.98. The van der Waals surface area contributed by atoms with Crippen molar-refractivity contribution >= 4 is 22.6 Å². The molecule has 0 saturated carbocycles. The quantitative estimate of drug-likeness (QED) is 0.679. The van der Waals surface area contributed by atoms with Crippen LogP contribution in [0.5, 0.6) is 5.75 Å². The third kappa shape index (κ3) is 2.29. The van der Waals surface area contributed by atoms with Crippen molar-refractivity contribution in [1.82, 2.24) is 9.55 Å². The van der Waals surface area contributed by atoms with Crippen molar-refractivity contribution in [2.24, 2.45) is 0 Å². The van der Waals surface area contributed by atoms with E-state index in [1.54, 1.807) is 7.11 Å². The van der Waals surface area contributed by atoms with Crippen LogP contribution in [0.2, 0.25) is 5.15 Å². The van der Waals surface area contributed by atoms with E-state index in [-0.39, 0.29) is 0 Å². The van der Waals surface area contributed by atoms with Gasteiger partial charge >= 0.3 is 0 Å². The van der Waals surface area contributed by atoms with Crippen molar-refractivity contribution in [2.75, 3.05) is 7.11 Å². The molecule has 2 aromatic heterocycles. The summed E-state index contributed by atoms with van der Waals surface area (Å²) in [6, 6.07) is 14.2. The van der Waals surface area contributed by atoms with Crippen LogP contribution in [0, 0.1) is 0 Å². The maximum absolute atomic E-state index is 6.03. The fraction of sp³-hybridized carbons (Fsp3) is 0.133. The minimum absolute atomic E-state index is 0.396. The van der Waals surface area contributed by atoms with Crippen molar-refractivity contribution < 1.29 is 4.74 Å². The molecule has 4 heteroatoms. The minimum atomic E-state index is 0.396. The number of benzene rings is 1. The average Bonchev–Trinajstić information content (AvgIpc) is 2.81. The summed E-state index contributed by atoms with van der Waals surface area (Å²) in [6.45, 7) is 0.802. The fourth-order valence-electron chi connectivity index (χ4n) is 2.13. The molecule has 96 valence electrons. The molecule has 0 fully saturated rings. The molecule has 19 heavy (non-hydrogen) atoms. The van der Waals surface area contributed by atoms with Crippen molar-refractivity contribution in [2.45, 2.75) is 6.54 Å². The molecule has 3 rings (SSSR count). The maximum Gasteiger partial charge on any atom is 0.171 e. The molecule has 0 N–H and O–H groups in total. The Morgan fingerprint density at radius 3 is 2.74 bits per heavy atom. The van der Waals surface area contributed by atoms with Gasteiger partial charge in [-0.15, -0.1) is 0 Å². The van der Waals surface area contributed by atoms with E-state index in [0.29, 0.717) is 10.9 Å². The predicted molar refractivity (Wildman–Crippen MR) is 76.8 cm³/mol. The zero-order chi connectivity index (χ0) is 13.2. The number of fused-ring (bicyclic) bond motifs is 1. The molecule has 0 aliphatic carbocycles. The molecule has 1 aromatic carbocycles. The van der Waals surface area contributed by atoms with Gasteiger partial charge in [0.2, 0.25) is 0 Å². The van der Waals surface area contributed by atoms with E-state index in [9.17, 15) is 0 Å². The predicted octanol–water partition coefficient (Wildman–Crippen LogP) is 3.75. The Kier molecular flexibility index (Phi) is 3.13. The third-order valence-corrected chi connectivity index (χ3v) is 3.36. The normalized spacial score (nSPS) is 10.8. The van der Waals surface area contributed by atoms with Crippen LogP contribution in [-0.2, 0) is 6.54 Å². The second-order valence-corrected chi connectivity index (χ2v) is 4.67. The summed E-state index contributed by atoms with van der Waals surface area (Å²) >= 11 is 6.03. The zero-order valence-corrected chi connectivity index (χ0v) is 11.3. The molecule has 0 saturated heterocycles. The third-order valence-electron chi connectivity index (χ3n) is 3.09. The summed E-state index contributed by atoms with van der Waals surface area (Å²) in [7, 11) is 1.60. The van der Waals surface area contributed by atoms with Gasteiger partial charge in [-0.3, -0.25) is 0 Å². The van der Waals surface area contributed by atoms with Crippen LogP contribution in [-0.4, -0.2) is 16.7 Å². The average molecular weight is 273 g/mol. The first-order chi connectivity index (χ1) is 9.28. The van der Waals surface area contributed by atoms with Gasteiger partial charge in [0, 0.05) is 18.8 Å². The first-order valence-electron chi connectivity index (χ1n) is 6.01. The van der Waals surface area contributed by atoms with Crippen LogP contribution < -0.4 is 4.74 Å². The number of ether oxygens (including phenoxy) is 1. The molecule has 0 unspecified atom stereocenters. The summed E-state index contributed by atoms with van der Waals surface area (Å²) in [4.78, 5) is 4.33. The molecule has 3 nitrogen and oxygen atoms in total. The van der Waals surface area contributed by atoms with Gasteiger partial charge in [0.1, 0.15) is 0 Å². The lowest BCUT2D eigenvalue weighted by atomic mass is 10.2. The van der Waals surface area contributed by atoms with Gasteiger partial charge in [-0.25, -0.2) is 4.98 Å². The Morgan fingerprint density at radius 1 is 1.21 bits per heavy atom. The molecule has 0 spiro atoms. The van der Waals surface area contributed by atoms with Gasteiger partial charge < -0.3 is 9.30 Å². The van der Waals surface area contributed by atoms with E-state index in [4.69, 9.17) is 16.3 Å². The highest BCUT2D eigenvalue weighted by molar-refractivity contribution is 6.31. The van der Waals surface area contributed by atoms with Gasteiger partial charge in [0.05, 0.1) is 18.1 Å². The monoisotopic (exact) mass is 272 g/mol. The number of hydrogen-bond donors (Lipinski definition) is 0. The topological polar surface area (TPSA) is 27.1 Å². The molecule has 0 atom stereocenters. The van der Waals surface area contributed by atoms with E-state index >= 15 is 0 Å². The second-order valence-electron chi connectivity index (χ2n) is 4.32. The van der Waals surface area contributed by atoms with Crippen LogP contribution in [0.15, 0.2) is 48.7 Å². The van der Waals surface area contributed by atoms with Crippen LogP contribution in [0.1, 0.15) is 5.56 Å². The largest absolute Gasteiger partial charge is 0.493 e. The standard InChI is InChI=1S/C15H13ClN2O/c1-19-14-9-13-12(17-15(14)16)7-8-18(13)10-11-5-3-2-4-6-11/h2-9H,10H2,1H3. The molecule has 0 amide bonds. The Bertz CT molecular complexity index is 707. The van der Waals surface area contributed by atoms with Crippen LogP contribution in [0.3, 0.4) is 0 Å². The first-order valence-corrected chi connectivity index (χ1v) is 6.39. The summed E-state index contributed by atoms with van der Waals surface area (Å²) in [6.07, 6.45) is 2.01. The SMILES string of the molecule is COc1cc2c(ccn2Cc2ccccc2)nc1Cl. The van der Waals surface area contributed by atoms with Gasteiger partial charge in [0.15, 0.2) is 10.9 Å². The smallest absolute Gasteiger partial charge is 0.171 e. The van der Waals surface area contributed by atoms with E-state index in [0.717, 1.165) is 17.6 Å². The van der Waals surface area contributed by atoms with Gasteiger partial charge in [0.25, 0.3) is 0 Å². The molecule has 0 radical (unpaired) electrons. The highest BCUT2D eigenvalue weighted by atomic mass is 35.5. The highest BCUT2D eigenvalue weighted by Crippen LogP contribution is 2.27. The minimum Gasteiger partial charge on any atom is -0.493 e. The van der Waals surface area contributed by atoms with Crippen LogP contribution in [0.4, 0.5) is 0 Å². The van der Waals surface area contributed by atoms with E-state index < -0.39 is 0 Å². The van der Waals surface area contributed by atoms with Crippen molar-refractivity contribution in [3.63, 3.8) is 0 Å². The number of aromatic nitrogens is 2. The fourth-order valence-corrected chi connectivity index (χ4v) is 2.35. The Labute approximate surface area is 116 Å². The molecule has 3 aromatic rings. The molecule has 0 bridgehead atoms. The van der Waals surface area contributed by atoms with Gasteiger partial charge in [-0.1, -0.05) is 41.9 Å². The molecule has 0 aliphatic heterocycles. The summed E-state index contributed by atoms with van der Waals surface area (Å²) in [5, 5.41) is 0.396. The van der Waals surface area contributed by atoms with Gasteiger partial charge in [-0.2, -0.15) is 0 Å². The number of methoxy groups -OCH3 is 1. The van der Waals surface area contributed by atoms with E-state index in [2.05, 4.69) is 21.7 Å². The summed E-state index contributed by atoms with van der Waals surface area (Å²) < 4.78 is 7.36. The number of hydrogen-bond acceptors (Lipinski definition) is 2. The highest BCUT2D eigenvalue weighted by Gasteiger charge is 2.08. The molecular weight excluding hydrogens is 260 g/mol. The number of pyridine rings is 1. The zero-order valence-electron chi connectivity index (χ0n) is 10.5. The number of nitrogens with zero attached hydrogens (tertiary/aromatic N) is 2. The summed E-state index contributed by atoms with van der Waals surface area (Å²) in [5.74, 6) is 0.599. The van der Waals surface area contributed by atoms with Crippen molar-refractivity contribution in [3.05, 3.63) is 59.4 Å². The molecule has 0 aliphatic rings. The Balaban J connectivity index is 2.05. The van der Waals surface area contributed by atoms with Crippen molar-refractivity contribution in [3.8, 4) is 5.75 Å². The molecule has 2 heterocycles. The van der Waals surface area contributed by atoms with Gasteiger partial charge in [-0.05, 0) is 11.6 Å². The van der Waals surface area contributed by atoms with E-state index in [1.807, 2.05) is 36.5 Å². The lowest BCUT2D eigenvalue weighted by Gasteiger charge is -2.07. The Hall–Kier alpha value is -2.00. The lowest BCUT2D eigenvalue weighted by molar-refractivity contribution is 0.414. The Morgan fingerprint density at radius 2 is 2.00 bits per heavy atom. The van der Waals surface area contributed by atoms with Crippen LogP contribution in [0.25, 0.3) is 11.0 Å². The number of rotatable bonds is 3.